The lowest BCUT2D eigenvalue weighted by molar-refractivity contribution is -0.128. The molecule has 28 heavy (non-hydrogen) atoms. The van der Waals surface area contributed by atoms with Crippen LogP contribution in [0.4, 0.5) is 0 Å². The number of aromatic nitrogens is 5. The van der Waals surface area contributed by atoms with E-state index in [2.05, 4.69) is 26.6 Å². The summed E-state index contributed by atoms with van der Waals surface area (Å²) in [5.41, 5.74) is 0.970. The smallest absolute Gasteiger partial charge is 0.233 e. The van der Waals surface area contributed by atoms with Crippen molar-refractivity contribution < 1.29 is 9.53 Å². The predicted octanol–water partition coefficient (Wildman–Crippen LogP) is 2.77. The van der Waals surface area contributed by atoms with Gasteiger partial charge in [-0.15, -0.1) is 16.4 Å². The van der Waals surface area contributed by atoms with Crippen LogP contribution >= 0.6 is 23.1 Å². The van der Waals surface area contributed by atoms with E-state index in [-0.39, 0.29) is 23.8 Å². The van der Waals surface area contributed by atoms with E-state index in [9.17, 15) is 4.79 Å². The molecule has 1 aromatic carbocycles. The Kier molecular flexibility index (Phi) is 5.88. The third-order valence-electron chi connectivity index (χ3n) is 4.87. The summed E-state index contributed by atoms with van der Waals surface area (Å²) < 4.78 is 8.50. The highest BCUT2D eigenvalue weighted by molar-refractivity contribution is 7.99. The SMILES string of the molecule is C[C@@H](c1nc2ccccc2s1)N(C)C(=O)CSc1nnnn1C[C@H]1CCCO1. The minimum absolute atomic E-state index is 0.0171. The van der Waals surface area contributed by atoms with Gasteiger partial charge in [-0.3, -0.25) is 4.79 Å². The van der Waals surface area contributed by atoms with Crippen LogP contribution in [0.3, 0.4) is 0 Å². The summed E-state index contributed by atoms with van der Waals surface area (Å²) in [7, 11) is 1.81. The molecule has 8 nitrogen and oxygen atoms in total. The zero-order valence-electron chi connectivity index (χ0n) is 15.8. The summed E-state index contributed by atoms with van der Waals surface area (Å²) in [6.45, 7) is 3.42. The van der Waals surface area contributed by atoms with Crippen molar-refractivity contribution in [3.05, 3.63) is 29.3 Å². The molecule has 4 rings (SSSR count). The molecule has 0 aliphatic carbocycles. The van der Waals surface area contributed by atoms with Gasteiger partial charge in [0.1, 0.15) is 5.01 Å². The van der Waals surface area contributed by atoms with E-state index in [0.717, 1.165) is 34.7 Å². The van der Waals surface area contributed by atoms with Gasteiger partial charge in [0.15, 0.2) is 0 Å². The molecule has 0 saturated carbocycles. The molecule has 0 unspecified atom stereocenters. The molecule has 0 spiro atoms. The molecule has 1 aliphatic heterocycles. The lowest BCUT2D eigenvalue weighted by Crippen LogP contribution is -2.31. The second kappa shape index (κ2) is 8.54. The maximum Gasteiger partial charge on any atom is 0.233 e. The first-order valence-electron chi connectivity index (χ1n) is 9.23. The van der Waals surface area contributed by atoms with Crippen molar-refractivity contribution in [2.75, 3.05) is 19.4 Å². The molecule has 3 aromatic rings. The summed E-state index contributed by atoms with van der Waals surface area (Å²) in [5.74, 6) is 0.292. The number of tetrazole rings is 1. The number of rotatable bonds is 7. The van der Waals surface area contributed by atoms with Crippen LogP contribution in [0.25, 0.3) is 10.2 Å². The van der Waals surface area contributed by atoms with Crippen LogP contribution in [0, 0.1) is 0 Å². The first-order chi connectivity index (χ1) is 13.6. The average molecular weight is 419 g/mol. The Balaban J connectivity index is 1.36. The normalized spacial score (nSPS) is 17.9. The van der Waals surface area contributed by atoms with E-state index in [1.165, 1.54) is 11.8 Å². The average Bonchev–Trinajstić information content (AvgIpc) is 3.46. The molecule has 1 saturated heterocycles. The molecular formula is C18H22N6O2S2. The minimum Gasteiger partial charge on any atom is -0.376 e. The highest BCUT2D eigenvalue weighted by Crippen LogP contribution is 2.29. The second-order valence-corrected chi connectivity index (χ2v) is 8.77. The molecule has 10 heteroatoms. The molecule has 2 atom stereocenters. The Labute approximate surface area is 171 Å². The maximum atomic E-state index is 12.7. The fraction of sp³-hybridized carbons (Fsp3) is 0.500. The molecule has 3 heterocycles. The van der Waals surface area contributed by atoms with E-state index >= 15 is 0 Å². The first-order valence-corrected chi connectivity index (χ1v) is 11.0. The Morgan fingerprint density at radius 1 is 1.46 bits per heavy atom. The monoisotopic (exact) mass is 418 g/mol. The highest BCUT2D eigenvalue weighted by Gasteiger charge is 2.23. The van der Waals surface area contributed by atoms with Gasteiger partial charge in [-0.05, 0) is 42.3 Å². The predicted molar refractivity (Wildman–Crippen MR) is 108 cm³/mol. The van der Waals surface area contributed by atoms with E-state index in [4.69, 9.17) is 4.74 Å². The lowest BCUT2D eigenvalue weighted by Gasteiger charge is -2.23. The number of carbonyl (C=O) groups excluding carboxylic acids is 1. The molecule has 0 N–H and O–H groups in total. The number of nitrogens with zero attached hydrogens (tertiary/aromatic N) is 6. The van der Waals surface area contributed by atoms with Crippen LogP contribution in [0.5, 0.6) is 0 Å². The molecule has 2 aromatic heterocycles. The summed E-state index contributed by atoms with van der Waals surface area (Å²) in [4.78, 5) is 19.1. The summed E-state index contributed by atoms with van der Waals surface area (Å²) in [6.07, 6.45) is 2.24. The fourth-order valence-electron chi connectivity index (χ4n) is 3.07. The number of para-hydroxylation sites is 1. The number of thiazole rings is 1. The maximum absolute atomic E-state index is 12.7. The highest BCUT2D eigenvalue weighted by atomic mass is 32.2. The van der Waals surface area contributed by atoms with Gasteiger partial charge >= 0.3 is 0 Å². The Hall–Kier alpha value is -2.04. The molecule has 1 amide bonds. The lowest BCUT2D eigenvalue weighted by atomic mass is 10.2. The molecular weight excluding hydrogens is 396 g/mol. The number of amides is 1. The Morgan fingerprint density at radius 2 is 2.32 bits per heavy atom. The number of ether oxygens (including phenoxy) is 1. The number of benzene rings is 1. The van der Waals surface area contributed by atoms with Gasteiger partial charge in [0.25, 0.3) is 0 Å². The third-order valence-corrected chi connectivity index (χ3v) is 7.02. The quantitative estimate of drug-likeness (QED) is 0.545. The number of thioether (sulfide) groups is 1. The van der Waals surface area contributed by atoms with E-state index in [1.54, 1.807) is 20.9 Å². The van der Waals surface area contributed by atoms with E-state index < -0.39 is 0 Å². The molecule has 148 valence electrons. The molecule has 0 radical (unpaired) electrons. The minimum atomic E-state index is -0.0895. The van der Waals surface area contributed by atoms with Gasteiger partial charge in [0.2, 0.25) is 11.1 Å². The van der Waals surface area contributed by atoms with Crippen molar-refractivity contribution in [2.45, 2.75) is 43.6 Å². The topological polar surface area (TPSA) is 86.0 Å². The van der Waals surface area contributed by atoms with Gasteiger partial charge in [-0.2, -0.15) is 0 Å². The van der Waals surface area contributed by atoms with Crippen molar-refractivity contribution >= 4 is 39.2 Å². The summed E-state index contributed by atoms with van der Waals surface area (Å²) in [5, 5.41) is 13.4. The van der Waals surface area contributed by atoms with Crippen LogP contribution < -0.4 is 0 Å². The number of hydrogen-bond acceptors (Lipinski definition) is 8. The largest absolute Gasteiger partial charge is 0.376 e. The van der Waals surface area contributed by atoms with Crippen molar-refractivity contribution in [1.82, 2.24) is 30.1 Å². The number of hydrogen-bond donors (Lipinski definition) is 0. The van der Waals surface area contributed by atoms with Crippen LogP contribution in [-0.2, 0) is 16.1 Å². The number of carbonyl (C=O) groups is 1. The van der Waals surface area contributed by atoms with Crippen molar-refractivity contribution in [1.29, 1.82) is 0 Å². The van der Waals surface area contributed by atoms with Gasteiger partial charge in [0, 0.05) is 13.7 Å². The van der Waals surface area contributed by atoms with Crippen molar-refractivity contribution in [3.8, 4) is 0 Å². The summed E-state index contributed by atoms with van der Waals surface area (Å²) in [6, 6.07) is 7.93. The Bertz CT molecular complexity index is 919. The molecule has 0 bridgehead atoms. The molecule has 1 fully saturated rings. The van der Waals surface area contributed by atoms with E-state index in [1.807, 2.05) is 32.2 Å². The zero-order valence-corrected chi connectivity index (χ0v) is 17.4. The van der Waals surface area contributed by atoms with E-state index in [0.29, 0.717) is 11.7 Å². The van der Waals surface area contributed by atoms with Crippen LogP contribution in [-0.4, -0.2) is 61.5 Å². The third kappa shape index (κ3) is 4.18. The van der Waals surface area contributed by atoms with Gasteiger partial charge < -0.3 is 9.64 Å². The van der Waals surface area contributed by atoms with Crippen molar-refractivity contribution in [2.24, 2.45) is 0 Å². The Morgan fingerprint density at radius 3 is 3.11 bits per heavy atom. The van der Waals surface area contributed by atoms with Gasteiger partial charge in [-0.25, -0.2) is 9.67 Å². The fourth-order valence-corrected chi connectivity index (χ4v) is 4.95. The van der Waals surface area contributed by atoms with Crippen LogP contribution in [0.15, 0.2) is 29.4 Å². The number of fused-ring (bicyclic) bond motifs is 1. The zero-order chi connectivity index (χ0) is 19.5. The van der Waals surface area contributed by atoms with Gasteiger partial charge in [0.05, 0.1) is 34.7 Å². The molecule has 1 aliphatic rings. The van der Waals surface area contributed by atoms with Crippen LogP contribution in [0.2, 0.25) is 0 Å². The standard InChI is InChI=1S/C18H22N6O2S2/c1-12(17-19-14-7-3-4-8-15(14)28-17)23(2)16(25)11-27-18-20-21-22-24(18)10-13-6-5-9-26-13/h3-4,7-8,12-13H,5-6,9-11H2,1-2H3/t12-,13+/m0/s1. The summed E-state index contributed by atoms with van der Waals surface area (Å²) >= 11 is 2.98. The second-order valence-electron chi connectivity index (χ2n) is 6.77. The van der Waals surface area contributed by atoms with Gasteiger partial charge in [-0.1, -0.05) is 23.9 Å². The van der Waals surface area contributed by atoms with Crippen molar-refractivity contribution in [3.63, 3.8) is 0 Å². The van der Waals surface area contributed by atoms with Crippen LogP contribution in [0.1, 0.15) is 30.8 Å². The first kappa shape index (κ1) is 19.3.